The van der Waals surface area contributed by atoms with Gasteiger partial charge in [0, 0.05) is 11.4 Å². The Balaban J connectivity index is 1.92. The van der Waals surface area contributed by atoms with E-state index in [2.05, 4.69) is 10.6 Å². The number of hydrogen-bond donors (Lipinski definition) is 2. The van der Waals surface area contributed by atoms with E-state index >= 15 is 0 Å². The SMILES string of the molecule is N#Cc1cccc(NC(=O)CNc2ccc(F)c(Cl)c2)c1. The first-order valence-corrected chi connectivity index (χ1v) is 6.45. The number of halogens is 2. The number of rotatable bonds is 4. The van der Waals surface area contributed by atoms with Crippen molar-refractivity contribution in [3.05, 3.63) is 58.9 Å². The summed E-state index contributed by atoms with van der Waals surface area (Å²) < 4.78 is 13.0. The Kier molecular flexibility index (Phi) is 4.75. The molecule has 0 unspecified atom stereocenters. The molecule has 6 heteroatoms. The molecule has 0 aliphatic heterocycles. The number of anilines is 2. The molecule has 106 valence electrons. The summed E-state index contributed by atoms with van der Waals surface area (Å²) in [4.78, 5) is 11.8. The van der Waals surface area contributed by atoms with Crippen molar-refractivity contribution in [2.45, 2.75) is 0 Å². The average Bonchev–Trinajstić information content (AvgIpc) is 2.48. The monoisotopic (exact) mass is 303 g/mol. The quantitative estimate of drug-likeness (QED) is 0.910. The summed E-state index contributed by atoms with van der Waals surface area (Å²) in [5.74, 6) is -0.800. The summed E-state index contributed by atoms with van der Waals surface area (Å²) in [6.45, 7) is -0.00125. The lowest BCUT2D eigenvalue weighted by atomic mass is 10.2. The third kappa shape index (κ3) is 4.20. The molecule has 0 saturated heterocycles. The standard InChI is InChI=1S/C15H11ClFN3O/c16-13-7-11(4-5-14(13)17)19-9-15(21)20-12-3-1-2-10(6-12)8-18/h1-7,19H,9H2,(H,20,21). The van der Waals surface area contributed by atoms with E-state index in [0.717, 1.165) is 0 Å². The summed E-state index contributed by atoms with van der Waals surface area (Å²) in [7, 11) is 0. The van der Waals surface area contributed by atoms with Crippen LogP contribution in [0.25, 0.3) is 0 Å². The Hall–Kier alpha value is -2.58. The zero-order valence-electron chi connectivity index (χ0n) is 10.9. The summed E-state index contributed by atoms with van der Waals surface area (Å²) in [5, 5.41) is 14.3. The Bertz CT molecular complexity index is 712. The number of benzene rings is 2. The fraction of sp³-hybridized carbons (Fsp3) is 0.0667. The Labute approximate surface area is 126 Å². The van der Waals surface area contributed by atoms with Gasteiger partial charge in [-0.2, -0.15) is 5.26 Å². The third-order valence-electron chi connectivity index (χ3n) is 2.65. The van der Waals surface area contributed by atoms with Crippen molar-refractivity contribution in [1.29, 1.82) is 5.26 Å². The molecule has 2 aromatic rings. The number of nitrogens with one attached hydrogen (secondary N) is 2. The summed E-state index contributed by atoms with van der Waals surface area (Å²) in [6, 6.07) is 12.7. The summed E-state index contributed by atoms with van der Waals surface area (Å²) >= 11 is 5.65. The highest BCUT2D eigenvalue weighted by atomic mass is 35.5. The molecule has 1 amide bonds. The smallest absolute Gasteiger partial charge is 0.243 e. The molecule has 2 rings (SSSR count). The zero-order valence-corrected chi connectivity index (χ0v) is 11.6. The number of amides is 1. The van der Waals surface area contributed by atoms with Crippen LogP contribution in [-0.4, -0.2) is 12.5 Å². The first-order valence-electron chi connectivity index (χ1n) is 6.07. The molecule has 0 bridgehead atoms. The van der Waals surface area contributed by atoms with E-state index in [9.17, 15) is 9.18 Å². The van der Waals surface area contributed by atoms with E-state index in [4.69, 9.17) is 16.9 Å². The van der Waals surface area contributed by atoms with Crippen molar-refractivity contribution in [2.24, 2.45) is 0 Å². The lowest BCUT2D eigenvalue weighted by Crippen LogP contribution is -2.21. The van der Waals surface area contributed by atoms with Crippen molar-refractivity contribution in [2.75, 3.05) is 17.2 Å². The van der Waals surface area contributed by atoms with Gasteiger partial charge < -0.3 is 10.6 Å². The molecule has 0 aromatic heterocycles. The third-order valence-corrected chi connectivity index (χ3v) is 2.94. The number of carbonyl (C=O) groups excluding carboxylic acids is 1. The molecular formula is C15H11ClFN3O. The largest absolute Gasteiger partial charge is 0.376 e. The average molecular weight is 304 g/mol. The van der Waals surface area contributed by atoms with Gasteiger partial charge in [0.1, 0.15) is 5.82 Å². The Morgan fingerprint density at radius 3 is 2.76 bits per heavy atom. The predicted molar refractivity (Wildman–Crippen MR) is 79.7 cm³/mol. The van der Waals surface area contributed by atoms with Gasteiger partial charge in [-0.25, -0.2) is 4.39 Å². The maximum absolute atomic E-state index is 13.0. The van der Waals surface area contributed by atoms with Crippen LogP contribution in [0, 0.1) is 17.1 Å². The van der Waals surface area contributed by atoms with Crippen molar-refractivity contribution in [1.82, 2.24) is 0 Å². The van der Waals surface area contributed by atoms with Crippen LogP contribution in [0.3, 0.4) is 0 Å². The van der Waals surface area contributed by atoms with Crippen molar-refractivity contribution >= 4 is 28.9 Å². The van der Waals surface area contributed by atoms with Gasteiger partial charge in [-0.3, -0.25) is 4.79 Å². The number of nitriles is 1. The molecule has 0 spiro atoms. The van der Waals surface area contributed by atoms with Gasteiger partial charge >= 0.3 is 0 Å². The molecule has 0 fully saturated rings. The van der Waals surface area contributed by atoms with Crippen LogP contribution in [0.15, 0.2) is 42.5 Å². The number of hydrogen-bond acceptors (Lipinski definition) is 3. The van der Waals surface area contributed by atoms with E-state index in [1.165, 1.54) is 18.2 Å². The fourth-order valence-electron chi connectivity index (χ4n) is 1.66. The van der Waals surface area contributed by atoms with Crippen LogP contribution in [0.4, 0.5) is 15.8 Å². The molecule has 0 aliphatic rings. The fourth-order valence-corrected chi connectivity index (χ4v) is 1.84. The van der Waals surface area contributed by atoms with Crippen LogP contribution in [0.1, 0.15) is 5.56 Å². The van der Waals surface area contributed by atoms with E-state index in [-0.39, 0.29) is 17.5 Å². The molecule has 2 aromatic carbocycles. The minimum atomic E-state index is -0.514. The normalized spacial score (nSPS) is 9.76. The summed E-state index contributed by atoms with van der Waals surface area (Å²) in [6.07, 6.45) is 0. The van der Waals surface area contributed by atoms with Crippen LogP contribution >= 0.6 is 11.6 Å². The molecule has 0 radical (unpaired) electrons. The van der Waals surface area contributed by atoms with Gasteiger partial charge in [0.2, 0.25) is 5.91 Å². The van der Waals surface area contributed by atoms with Gasteiger partial charge in [0.05, 0.1) is 23.2 Å². The van der Waals surface area contributed by atoms with Crippen molar-refractivity contribution < 1.29 is 9.18 Å². The second kappa shape index (κ2) is 6.73. The Morgan fingerprint density at radius 1 is 1.24 bits per heavy atom. The van der Waals surface area contributed by atoms with E-state index in [0.29, 0.717) is 16.9 Å². The molecule has 21 heavy (non-hydrogen) atoms. The first kappa shape index (κ1) is 14.8. The zero-order chi connectivity index (χ0) is 15.2. The van der Waals surface area contributed by atoms with Crippen LogP contribution < -0.4 is 10.6 Å². The van der Waals surface area contributed by atoms with Crippen LogP contribution in [0.5, 0.6) is 0 Å². The second-order valence-electron chi connectivity index (χ2n) is 4.22. The molecule has 2 N–H and O–H groups in total. The van der Waals surface area contributed by atoms with E-state index in [1.807, 2.05) is 6.07 Å². The van der Waals surface area contributed by atoms with Crippen LogP contribution in [-0.2, 0) is 4.79 Å². The lowest BCUT2D eigenvalue weighted by molar-refractivity contribution is -0.114. The van der Waals surface area contributed by atoms with Gasteiger partial charge in [-0.15, -0.1) is 0 Å². The molecule has 4 nitrogen and oxygen atoms in total. The minimum absolute atomic E-state index is 0.00125. The van der Waals surface area contributed by atoms with Gasteiger partial charge in [0.25, 0.3) is 0 Å². The van der Waals surface area contributed by atoms with E-state index < -0.39 is 5.82 Å². The van der Waals surface area contributed by atoms with Gasteiger partial charge in [-0.1, -0.05) is 17.7 Å². The first-order chi connectivity index (χ1) is 10.1. The Morgan fingerprint density at radius 2 is 2.05 bits per heavy atom. The second-order valence-corrected chi connectivity index (χ2v) is 4.63. The molecule has 0 aliphatic carbocycles. The van der Waals surface area contributed by atoms with Gasteiger partial charge in [0.15, 0.2) is 0 Å². The maximum atomic E-state index is 13.0. The highest BCUT2D eigenvalue weighted by Crippen LogP contribution is 2.19. The molecule has 0 saturated carbocycles. The van der Waals surface area contributed by atoms with Crippen molar-refractivity contribution in [3.63, 3.8) is 0 Å². The van der Waals surface area contributed by atoms with E-state index in [1.54, 1.807) is 24.3 Å². The molecule has 0 heterocycles. The maximum Gasteiger partial charge on any atom is 0.243 e. The highest BCUT2D eigenvalue weighted by Gasteiger charge is 2.05. The predicted octanol–water partition coefficient (Wildman–Crippen LogP) is 3.40. The van der Waals surface area contributed by atoms with Crippen LogP contribution in [0.2, 0.25) is 5.02 Å². The molecular weight excluding hydrogens is 293 g/mol. The number of carbonyl (C=O) groups is 1. The minimum Gasteiger partial charge on any atom is -0.376 e. The number of nitrogens with zero attached hydrogens (tertiary/aromatic N) is 1. The topological polar surface area (TPSA) is 64.9 Å². The van der Waals surface area contributed by atoms with Crippen molar-refractivity contribution in [3.8, 4) is 6.07 Å². The highest BCUT2D eigenvalue weighted by molar-refractivity contribution is 6.31. The van der Waals surface area contributed by atoms with Gasteiger partial charge in [-0.05, 0) is 36.4 Å². The summed E-state index contributed by atoms with van der Waals surface area (Å²) in [5.41, 5.74) is 1.55. The molecule has 0 atom stereocenters. The lowest BCUT2D eigenvalue weighted by Gasteiger charge is -2.08.